The average molecular weight is 310 g/mol. The third-order valence-electron chi connectivity index (χ3n) is 2.70. The van der Waals surface area contributed by atoms with Crippen LogP contribution in [0.4, 0.5) is 4.39 Å². The van der Waals surface area contributed by atoms with Crippen molar-refractivity contribution in [2.24, 2.45) is 5.73 Å². The molecule has 0 fully saturated rings. The van der Waals surface area contributed by atoms with Crippen LogP contribution in [0.15, 0.2) is 46.9 Å². The Morgan fingerprint density at radius 3 is 2.61 bits per heavy atom. The molecule has 0 spiro atoms. The molecule has 2 aromatic carbocycles. The van der Waals surface area contributed by atoms with Gasteiger partial charge in [0.1, 0.15) is 11.6 Å². The molecule has 2 rings (SSSR count). The Hall–Kier alpha value is -1.39. The zero-order chi connectivity index (χ0) is 13.1. The Labute approximate surface area is 114 Å². The van der Waals surface area contributed by atoms with E-state index in [1.807, 2.05) is 30.3 Å². The first-order chi connectivity index (χ1) is 8.60. The summed E-state index contributed by atoms with van der Waals surface area (Å²) < 4.78 is 19.2. The van der Waals surface area contributed by atoms with Crippen LogP contribution in [0.5, 0.6) is 5.75 Å². The van der Waals surface area contributed by atoms with Gasteiger partial charge in [-0.25, -0.2) is 4.39 Å². The highest BCUT2D eigenvalue weighted by molar-refractivity contribution is 9.10. The SMILES string of the molecule is COc1cccc(C(N)c2cc(F)cc(Br)c2)c1. The van der Waals surface area contributed by atoms with Crippen molar-refractivity contribution in [3.05, 3.63) is 63.9 Å². The van der Waals surface area contributed by atoms with Crippen molar-refractivity contribution in [3.8, 4) is 5.75 Å². The number of hydrogen-bond donors (Lipinski definition) is 1. The predicted molar refractivity (Wildman–Crippen MR) is 73.1 cm³/mol. The van der Waals surface area contributed by atoms with Crippen molar-refractivity contribution in [2.45, 2.75) is 6.04 Å². The summed E-state index contributed by atoms with van der Waals surface area (Å²) in [6.45, 7) is 0. The topological polar surface area (TPSA) is 35.2 Å². The molecule has 2 nitrogen and oxygen atoms in total. The molecule has 0 aliphatic rings. The molecule has 2 aromatic rings. The molecular formula is C14H13BrFNO. The highest BCUT2D eigenvalue weighted by atomic mass is 79.9. The van der Waals surface area contributed by atoms with Gasteiger partial charge in [0.15, 0.2) is 0 Å². The first-order valence-electron chi connectivity index (χ1n) is 5.45. The van der Waals surface area contributed by atoms with Crippen molar-refractivity contribution in [1.82, 2.24) is 0 Å². The number of methoxy groups -OCH3 is 1. The molecule has 0 saturated carbocycles. The molecule has 4 heteroatoms. The van der Waals surface area contributed by atoms with Gasteiger partial charge < -0.3 is 10.5 Å². The Balaban J connectivity index is 2.37. The van der Waals surface area contributed by atoms with Crippen molar-refractivity contribution >= 4 is 15.9 Å². The highest BCUT2D eigenvalue weighted by Crippen LogP contribution is 2.26. The van der Waals surface area contributed by atoms with E-state index in [1.165, 1.54) is 12.1 Å². The lowest BCUT2D eigenvalue weighted by molar-refractivity contribution is 0.414. The summed E-state index contributed by atoms with van der Waals surface area (Å²) in [4.78, 5) is 0. The molecule has 94 valence electrons. The standard InChI is InChI=1S/C14H13BrFNO/c1-18-13-4-2-3-9(7-13)14(17)10-5-11(15)8-12(16)6-10/h2-8,14H,17H2,1H3. The van der Waals surface area contributed by atoms with Gasteiger partial charge in [0, 0.05) is 4.47 Å². The van der Waals surface area contributed by atoms with E-state index in [0.717, 1.165) is 16.9 Å². The van der Waals surface area contributed by atoms with E-state index in [-0.39, 0.29) is 11.9 Å². The molecule has 1 atom stereocenters. The van der Waals surface area contributed by atoms with E-state index < -0.39 is 0 Å². The first-order valence-corrected chi connectivity index (χ1v) is 6.25. The summed E-state index contributed by atoms with van der Waals surface area (Å²) >= 11 is 3.26. The monoisotopic (exact) mass is 309 g/mol. The van der Waals surface area contributed by atoms with Gasteiger partial charge in [-0.1, -0.05) is 28.1 Å². The number of ether oxygens (including phenoxy) is 1. The van der Waals surface area contributed by atoms with Crippen molar-refractivity contribution in [2.75, 3.05) is 7.11 Å². The maximum Gasteiger partial charge on any atom is 0.124 e. The lowest BCUT2D eigenvalue weighted by Crippen LogP contribution is -2.12. The minimum absolute atomic E-state index is 0.308. The van der Waals surface area contributed by atoms with Crippen molar-refractivity contribution in [1.29, 1.82) is 0 Å². The molecule has 18 heavy (non-hydrogen) atoms. The summed E-state index contributed by atoms with van der Waals surface area (Å²) in [6, 6.07) is 11.7. The largest absolute Gasteiger partial charge is 0.497 e. The summed E-state index contributed by atoms with van der Waals surface area (Å²) in [7, 11) is 1.60. The van der Waals surface area contributed by atoms with E-state index in [0.29, 0.717) is 4.47 Å². The second kappa shape index (κ2) is 5.50. The number of halogens is 2. The van der Waals surface area contributed by atoms with Crippen LogP contribution in [0, 0.1) is 5.82 Å². The van der Waals surface area contributed by atoms with Gasteiger partial charge >= 0.3 is 0 Å². The van der Waals surface area contributed by atoms with E-state index in [4.69, 9.17) is 10.5 Å². The van der Waals surface area contributed by atoms with Crippen LogP contribution in [0.25, 0.3) is 0 Å². The van der Waals surface area contributed by atoms with Crippen LogP contribution in [-0.2, 0) is 0 Å². The number of hydrogen-bond acceptors (Lipinski definition) is 2. The van der Waals surface area contributed by atoms with Gasteiger partial charge in [-0.05, 0) is 41.5 Å². The molecule has 0 amide bonds. The van der Waals surface area contributed by atoms with Gasteiger partial charge in [-0.15, -0.1) is 0 Å². The molecule has 0 heterocycles. The normalized spacial score (nSPS) is 12.2. The molecule has 0 radical (unpaired) electrons. The summed E-state index contributed by atoms with van der Waals surface area (Å²) in [5.74, 6) is 0.427. The maximum atomic E-state index is 13.3. The average Bonchev–Trinajstić information content (AvgIpc) is 2.37. The van der Waals surface area contributed by atoms with E-state index in [2.05, 4.69) is 15.9 Å². The van der Waals surface area contributed by atoms with Crippen LogP contribution in [-0.4, -0.2) is 7.11 Å². The lowest BCUT2D eigenvalue weighted by atomic mass is 9.99. The second-order valence-corrected chi connectivity index (χ2v) is 4.87. The van der Waals surface area contributed by atoms with Crippen LogP contribution >= 0.6 is 15.9 Å². The lowest BCUT2D eigenvalue weighted by Gasteiger charge is -2.14. The summed E-state index contributed by atoms with van der Waals surface area (Å²) in [5.41, 5.74) is 7.73. The van der Waals surface area contributed by atoms with Crippen LogP contribution < -0.4 is 10.5 Å². The molecule has 0 aliphatic heterocycles. The third-order valence-corrected chi connectivity index (χ3v) is 3.15. The Kier molecular flexibility index (Phi) is 3.99. The fourth-order valence-electron chi connectivity index (χ4n) is 1.78. The van der Waals surface area contributed by atoms with Crippen molar-refractivity contribution < 1.29 is 9.13 Å². The smallest absolute Gasteiger partial charge is 0.124 e. The zero-order valence-corrected chi connectivity index (χ0v) is 11.4. The highest BCUT2D eigenvalue weighted by Gasteiger charge is 2.11. The van der Waals surface area contributed by atoms with Gasteiger partial charge in [-0.2, -0.15) is 0 Å². The van der Waals surface area contributed by atoms with E-state index in [9.17, 15) is 4.39 Å². The third kappa shape index (κ3) is 2.89. The summed E-state index contributed by atoms with van der Waals surface area (Å²) in [6.07, 6.45) is 0. The van der Waals surface area contributed by atoms with Gasteiger partial charge in [0.25, 0.3) is 0 Å². The number of rotatable bonds is 3. The predicted octanol–water partition coefficient (Wildman–Crippen LogP) is 3.64. The Morgan fingerprint density at radius 1 is 1.17 bits per heavy atom. The molecular weight excluding hydrogens is 297 g/mol. The van der Waals surface area contributed by atoms with Gasteiger partial charge in [0.05, 0.1) is 13.2 Å². The zero-order valence-electron chi connectivity index (χ0n) is 9.86. The Bertz CT molecular complexity index is 539. The molecule has 0 aliphatic carbocycles. The van der Waals surface area contributed by atoms with Crippen molar-refractivity contribution in [3.63, 3.8) is 0 Å². The Morgan fingerprint density at radius 2 is 1.94 bits per heavy atom. The van der Waals surface area contributed by atoms with Gasteiger partial charge in [-0.3, -0.25) is 0 Å². The first kappa shape index (κ1) is 13.1. The van der Waals surface area contributed by atoms with Crippen LogP contribution in [0.1, 0.15) is 17.2 Å². The quantitative estimate of drug-likeness (QED) is 0.939. The van der Waals surface area contributed by atoms with Crippen LogP contribution in [0.2, 0.25) is 0 Å². The molecule has 0 aromatic heterocycles. The molecule has 1 unspecified atom stereocenters. The summed E-state index contributed by atoms with van der Waals surface area (Å²) in [5, 5.41) is 0. The fourth-order valence-corrected chi connectivity index (χ4v) is 2.27. The maximum absolute atomic E-state index is 13.3. The number of nitrogens with two attached hydrogens (primary N) is 1. The van der Waals surface area contributed by atoms with Crippen LogP contribution in [0.3, 0.4) is 0 Å². The fraction of sp³-hybridized carbons (Fsp3) is 0.143. The van der Waals surface area contributed by atoms with Gasteiger partial charge in [0.2, 0.25) is 0 Å². The second-order valence-electron chi connectivity index (χ2n) is 3.96. The minimum atomic E-state index is -0.382. The molecule has 2 N–H and O–H groups in total. The minimum Gasteiger partial charge on any atom is -0.497 e. The number of benzene rings is 2. The van der Waals surface area contributed by atoms with E-state index >= 15 is 0 Å². The van der Waals surface area contributed by atoms with E-state index in [1.54, 1.807) is 7.11 Å². The molecule has 0 bridgehead atoms. The molecule has 0 saturated heterocycles.